The summed E-state index contributed by atoms with van der Waals surface area (Å²) in [6.45, 7) is 1.98. The maximum Gasteiger partial charge on any atom is 0.332 e. The molecule has 0 atom stereocenters. The van der Waals surface area contributed by atoms with Gasteiger partial charge in [-0.2, -0.15) is 0 Å². The molecule has 0 saturated carbocycles. The van der Waals surface area contributed by atoms with Crippen molar-refractivity contribution in [3.63, 3.8) is 0 Å². The van der Waals surface area contributed by atoms with E-state index < -0.39 is 17.2 Å². The first-order chi connectivity index (χ1) is 10.4. The highest BCUT2D eigenvalue weighted by atomic mass is 35.5. The number of fused-ring (bicyclic) bond motifs is 1. The second-order valence-electron chi connectivity index (χ2n) is 4.99. The topological polar surface area (TPSA) is 86.0 Å². The average Bonchev–Trinajstić information content (AvgIpc) is 2.52. The lowest BCUT2D eigenvalue weighted by Crippen LogP contribution is -2.38. The molecule has 0 saturated heterocycles. The summed E-state index contributed by atoms with van der Waals surface area (Å²) < 4.78 is 2.28. The number of rotatable bonds is 4. The summed E-state index contributed by atoms with van der Waals surface area (Å²) >= 11 is 5.54. The molecule has 0 aliphatic carbocycles. The first kappa shape index (κ1) is 16.2. The first-order valence-corrected chi connectivity index (χ1v) is 7.39. The SMILES string of the molecule is CCCc1cnc2c(c1NC(=O)CCl)c(=O)n(C)c(=O)n2C. The van der Waals surface area contributed by atoms with Crippen LogP contribution in [-0.2, 0) is 25.3 Å². The van der Waals surface area contributed by atoms with E-state index in [9.17, 15) is 14.4 Å². The van der Waals surface area contributed by atoms with Crippen molar-refractivity contribution in [3.8, 4) is 0 Å². The van der Waals surface area contributed by atoms with Gasteiger partial charge in [0.25, 0.3) is 5.56 Å². The largest absolute Gasteiger partial charge is 0.332 e. The summed E-state index contributed by atoms with van der Waals surface area (Å²) in [6, 6.07) is 0. The van der Waals surface area contributed by atoms with Crippen LogP contribution in [-0.4, -0.2) is 25.9 Å². The number of pyridine rings is 1. The van der Waals surface area contributed by atoms with Gasteiger partial charge in [-0.1, -0.05) is 13.3 Å². The van der Waals surface area contributed by atoms with Crippen molar-refractivity contribution in [2.45, 2.75) is 19.8 Å². The van der Waals surface area contributed by atoms with Crippen LogP contribution in [0.1, 0.15) is 18.9 Å². The van der Waals surface area contributed by atoms with E-state index >= 15 is 0 Å². The summed E-state index contributed by atoms with van der Waals surface area (Å²) in [4.78, 5) is 40.4. The Balaban J connectivity index is 2.91. The zero-order valence-corrected chi connectivity index (χ0v) is 13.4. The number of nitrogens with zero attached hydrogens (tertiary/aromatic N) is 3. The summed E-state index contributed by atoms with van der Waals surface area (Å²) in [5, 5.41) is 2.88. The Labute approximate surface area is 131 Å². The Morgan fingerprint density at radius 2 is 2.00 bits per heavy atom. The van der Waals surface area contributed by atoms with Gasteiger partial charge in [0.15, 0.2) is 5.65 Å². The van der Waals surface area contributed by atoms with Crippen LogP contribution in [0.2, 0.25) is 0 Å². The van der Waals surface area contributed by atoms with Gasteiger partial charge in [0.1, 0.15) is 11.3 Å². The van der Waals surface area contributed by atoms with Crippen molar-refractivity contribution < 1.29 is 4.79 Å². The molecular weight excluding hydrogens is 308 g/mol. The summed E-state index contributed by atoms with van der Waals surface area (Å²) in [7, 11) is 2.92. The third kappa shape index (κ3) is 2.64. The van der Waals surface area contributed by atoms with Crippen molar-refractivity contribution >= 4 is 34.2 Å². The number of alkyl halides is 1. The van der Waals surface area contributed by atoms with Crippen LogP contribution < -0.4 is 16.6 Å². The van der Waals surface area contributed by atoms with Crippen molar-refractivity contribution in [2.24, 2.45) is 14.1 Å². The lowest BCUT2D eigenvalue weighted by atomic mass is 10.1. The minimum absolute atomic E-state index is 0.217. The number of carbonyl (C=O) groups is 1. The lowest BCUT2D eigenvalue weighted by Gasteiger charge is -2.14. The fourth-order valence-electron chi connectivity index (χ4n) is 2.34. The third-order valence-corrected chi connectivity index (χ3v) is 3.70. The molecule has 2 heterocycles. The normalized spacial score (nSPS) is 10.9. The Kier molecular flexibility index (Phi) is 4.65. The van der Waals surface area contributed by atoms with Gasteiger partial charge in [-0.05, 0) is 12.0 Å². The van der Waals surface area contributed by atoms with E-state index in [4.69, 9.17) is 11.6 Å². The van der Waals surface area contributed by atoms with Crippen LogP contribution in [0.5, 0.6) is 0 Å². The predicted octanol–water partition coefficient (Wildman–Crippen LogP) is 0.762. The molecule has 0 aliphatic rings. The standard InChI is InChI=1S/C14H17ClN4O3/c1-4-5-8-7-16-12-10(11(8)17-9(20)6-15)13(21)19(3)14(22)18(12)2/h7H,4-6H2,1-3H3,(H,16,17,20). The number of amides is 1. The van der Waals surface area contributed by atoms with E-state index in [1.54, 1.807) is 6.20 Å². The van der Waals surface area contributed by atoms with Crippen LogP contribution in [0.25, 0.3) is 11.0 Å². The van der Waals surface area contributed by atoms with Gasteiger partial charge >= 0.3 is 5.69 Å². The molecule has 0 aromatic carbocycles. The minimum atomic E-state index is -0.492. The van der Waals surface area contributed by atoms with Gasteiger partial charge in [0.05, 0.1) is 5.69 Å². The molecule has 0 fully saturated rings. The van der Waals surface area contributed by atoms with Crippen LogP contribution >= 0.6 is 11.6 Å². The molecule has 1 amide bonds. The smallest absolute Gasteiger partial charge is 0.324 e. The lowest BCUT2D eigenvalue weighted by molar-refractivity contribution is -0.113. The zero-order chi connectivity index (χ0) is 16.4. The number of aromatic nitrogens is 3. The molecule has 2 aromatic heterocycles. The van der Waals surface area contributed by atoms with Gasteiger partial charge in [-0.3, -0.25) is 18.7 Å². The second-order valence-corrected chi connectivity index (χ2v) is 5.26. The summed E-state index contributed by atoms with van der Waals surface area (Å²) in [5.41, 5.74) is 0.395. The maximum absolute atomic E-state index is 12.5. The highest BCUT2D eigenvalue weighted by molar-refractivity contribution is 6.29. The number of halogens is 1. The molecule has 8 heteroatoms. The van der Waals surface area contributed by atoms with E-state index in [0.717, 1.165) is 16.6 Å². The fourth-order valence-corrected chi connectivity index (χ4v) is 2.41. The van der Waals surface area contributed by atoms with Gasteiger partial charge < -0.3 is 5.32 Å². The van der Waals surface area contributed by atoms with Gasteiger partial charge in [0.2, 0.25) is 5.91 Å². The van der Waals surface area contributed by atoms with E-state index in [2.05, 4.69) is 10.3 Å². The monoisotopic (exact) mass is 324 g/mol. The predicted molar refractivity (Wildman–Crippen MR) is 85.6 cm³/mol. The van der Waals surface area contributed by atoms with E-state index in [1.807, 2.05) is 6.92 Å². The zero-order valence-electron chi connectivity index (χ0n) is 12.6. The summed E-state index contributed by atoms with van der Waals surface area (Å²) in [5.74, 6) is -0.635. The van der Waals surface area contributed by atoms with Gasteiger partial charge in [-0.25, -0.2) is 9.78 Å². The third-order valence-electron chi connectivity index (χ3n) is 3.45. The van der Waals surface area contributed by atoms with Crippen molar-refractivity contribution in [2.75, 3.05) is 11.2 Å². The average molecular weight is 325 g/mol. The molecule has 118 valence electrons. The van der Waals surface area contributed by atoms with Crippen LogP contribution in [0.4, 0.5) is 5.69 Å². The molecule has 0 spiro atoms. The Hall–Kier alpha value is -2.15. The highest BCUT2D eigenvalue weighted by Gasteiger charge is 2.18. The Bertz CT molecular complexity index is 854. The maximum atomic E-state index is 12.5. The molecule has 0 unspecified atom stereocenters. The minimum Gasteiger partial charge on any atom is -0.324 e. The Morgan fingerprint density at radius 3 is 2.59 bits per heavy atom. The number of hydrogen-bond acceptors (Lipinski definition) is 4. The number of anilines is 1. The molecule has 1 N–H and O–H groups in total. The van der Waals surface area contributed by atoms with E-state index in [-0.39, 0.29) is 16.9 Å². The van der Waals surface area contributed by atoms with Crippen LogP contribution in [0.3, 0.4) is 0 Å². The molecule has 2 rings (SSSR count). The highest BCUT2D eigenvalue weighted by Crippen LogP contribution is 2.23. The van der Waals surface area contributed by atoms with Crippen molar-refractivity contribution in [1.82, 2.24) is 14.1 Å². The quantitative estimate of drug-likeness (QED) is 0.841. The molecule has 2 aromatic rings. The molecule has 22 heavy (non-hydrogen) atoms. The number of aryl methyl sites for hydroxylation is 2. The number of hydrogen-bond donors (Lipinski definition) is 1. The first-order valence-electron chi connectivity index (χ1n) is 6.85. The molecular formula is C14H17ClN4O3. The second kappa shape index (κ2) is 6.31. The van der Waals surface area contributed by atoms with Crippen molar-refractivity contribution in [3.05, 3.63) is 32.6 Å². The Morgan fingerprint density at radius 1 is 1.32 bits per heavy atom. The number of carbonyl (C=O) groups excluding carboxylic acids is 1. The van der Waals surface area contributed by atoms with Crippen molar-refractivity contribution in [1.29, 1.82) is 0 Å². The summed E-state index contributed by atoms with van der Waals surface area (Å²) in [6.07, 6.45) is 3.05. The van der Waals surface area contributed by atoms with E-state index in [0.29, 0.717) is 12.1 Å². The molecule has 7 nitrogen and oxygen atoms in total. The fraction of sp³-hybridized carbons (Fsp3) is 0.429. The molecule has 0 aliphatic heterocycles. The van der Waals surface area contributed by atoms with Crippen LogP contribution in [0, 0.1) is 0 Å². The van der Waals surface area contributed by atoms with Crippen LogP contribution in [0.15, 0.2) is 15.8 Å². The number of nitrogens with one attached hydrogen (secondary N) is 1. The van der Waals surface area contributed by atoms with Gasteiger partial charge in [-0.15, -0.1) is 11.6 Å². The molecule has 0 bridgehead atoms. The molecule has 0 radical (unpaired) electrons. The van der Waals surface area contributed by atoms with E-state index in [1.165, 1.54) is 18.7 Å². The van der Waals surface area contributed by atoms with Gasteiger partial charge in [0, 0.05) is 20.3 Å².